The molecule has 2 aromatic heterocycles. The molecule has 1 N–H and O–H groups in total. The van der Waals surface area contributed by atoms with Gasteiger partial charge in [0.05, 0.1) is 5.69 Å². The number of hydrogen-bond acceptors (Lipinski definition) is 4. The van der Waals surface area contributed by atoms with Gasteiger partial charge in [-0.25, -0.2) is 4.98 Å². The normalized spacial score (nSPS) is 11.4. The molecule has 0 spiro atoms. The van der Waals surface area contributed by atoms with E-state index in [9.17, 15) is 5.11 Å². The van der Waals surface area contributed by atoms with Gasteiger partial charge >= 0.3 is 0 Å². The van der Waals surface area contributed by atoms with Crippen LogP contribution in [0.2, 0.25) is 0 Å². The first-order valence-corrected chi connectivity index (χ1v) is 8.52. The Bertz CT molecular complexity index is 1070. The van der Waals surface area contributed by atoms with E-state index in [0.717, 1.165) is 17.7 Å². The van der Waals surface area contributed by atoms with Gasteiger partial charge in [0.15, 0.2) is 17.2 Å². The second kappa shape index (κ2) is 6.80. The zero-order chi connectivity index (χ0) is 17.9. The number of azo groups is 1. The van der Waals surface area contributed by atoms with Crippen molar-refractivity contribution in [1.82, 2.24) is 9.38 Å². The summed E-state index contributed by atoms with van der Waals surface area (Å²) < 4.78 is 1.75. The third-order valence-corrected chi connectivity index (χ3v) is 4.26. The SMILES string of the molecule is CCc1ccc(-c2nc3c(O)cccn3c2N=Nc2ccccc2)cc1. The summed E-state index contributed by atoms with van der Waals surface area (Å²) >= 11 is 0. The molecular weight excluding hydrogens is 324 g/mol. The van der Waals surface area contributed by atoms with E-state index in [-0.39, 0.29) is 5.75 Å². The molecule has 26 heavy (non-hydrogen) atoms. The minimum Gasteiger partial charge on any atom is -0.504 e. The van der Waals surface area contributed by atoms with Crippen molar-refractivity contribution in [3.8, 4) is 17.0 Å². The predicted octanol–water partition coefficient (Wildman–Crippen LogP) is 5.68. The summed E-state index contributed by atoms with van der Waals surface area (Å²) in [6, 6.07) is 21.1. The quantitative estimate of drug-likeness (QED) is 0.485. The number of aryl methyl sites for hydroxylation is 1. The highest BCUT2D eigenvalue weighted by molar-refractivity contribution is 5.76. The van der Waals surface area contributed by atoms with E-state index < -0.39 is 0 Å². The summed E-state index contributed by atoms with van der Waals surface area (Å²) in [6.07, 6.45) is 2.80. The minimum atomic E-state index is 0.111. The highest BCUT2D eigenvalue weighted by atomic mass is 16.3. The van der Waals surface area contributed by atoms with Crippen molar-refractivity contribution in [3.63, 3.8) is 0 Å². The molecule has 4 aromatic rings. The molecule has 0 saturated heterocycles. The van der Waals surface area contributed by atoms with Crippen LogP contribution in [0.15, 0.2) is 83.2 Å². The lowest BCUT2D eigenvalue weighted by Gasteiger charge is -2.01. The third kappa shape index (κ3) is 2.95. The molecule has 0 amide bonds. The first-order chi connectivity index (χ1) is 12.8. The van der Waals surface area contributed by atoms with Crippen LogP contribution in [0.5, 0.6) is 5.75 Å². The van der Waals surface area contributed by atoms with Gasteiger partial charge in [-0.3, -0.25) is 4.40 Å². The van der Waals surface area contributed by atoms with Crippen LogP contribution in [0.1, 0.15) is 12.5 Å². The van der Waals surface area contributed by atoms with E-state index >= 15 is 0 Å². The molecule has 0 saturated carbocycles. The molecule has 0 atom stereocenters. The van der Waals surface area contributed by atoms with Crippen molar-refractivity contribution in [2.45, 2.75) is 13.3 Å². The highest BCUT2D eigenvalue weighted by Gasteiger charge is 2.16. The van der Waals surface area contributed by atoms with Crippen molar-refractivity contribution < 1.29 is 5.11 Å². The average Bonchev–Trinajstić information content (AvgIpc) is 3.07. The average molecular weight is 342 g/mol. The van der Waals surface area contributed by atoms with Crippen molar-refractivity contribution in [1.29, 1.82) is 0 Å². The maximum Gasteiger partial charge on any atom is 0.187 e. The van der Waals surface area contributed by atoms with E-state index in [2.05, 4.69) is 34.3 Å². The van der Waals surface area contributed by atoms with Crippen LogP contribution in [0, 0.1) is 0 Å². The van der Waals surface area contributed by atoms with Crippen LogP contribution in [0.3, 0.4) is 0 Å². The zero-order valence-electron chi connectivity index (χ0n) is 14.4. The lowest BCUT2D eigenvalue weighted by Crippen LogP contribution is -1.83. The standard InChI is InChI=1S/C21H18N4O/c1-2-15-10-12-16(13-11-15)19-21(24-23-17-7-4-3-5-8-17)25-14-6-9-18(26)20(25)22-19/h3-14,26H,2H2,1H3. The van der Waals surface area contributed by atoms with E-state index in [0.29, 0.717) is 17.2 Å². The number of rotatable bonds is 4. The van der Waals surface area contributed by atoms with Crippen molar-refractivity contribution in [3.05, 3.63) is 78.5 Å². The van der Waals surface area contributed by atoms with Gasteiger partial charge in [-0.15, -0.1) is 10.2 Å². The van der Waals surface area contributed by atoms with Crippen molar-refractivity contribution in [2.75, 3.05) is 0 Å². The van der Waals surface area contributed by atoms with Gasteiger partial charge in [-0.1, -0.05) is 49.4 Å². The molecule has 0 fully saturated rings. The minimum absolute atomic E-state index is 0.111. The summed E-state index contributed by atoms with van der Waals surface area (Å²) in [5.41, 5.74) is 4.10. The third-order valence-electron chi connectivity index (χ3n) is 4.26. The molecule has 0 unspecified atom stereocenters. The molecule has 2 heterocycles. The van der Waals surface area contributed by atoms with Gasteiger partial charge in [0.1, 0.15) is 5.69 Å². The first-order valence-electron chi connectivity index (χ1n) is 8.52. The monoisotopic (exact) mass is 342 g/mol. The number of imidazole rings is 1. The number of aromatic hydroxyl groups is 1. The summed E-state index contributed by atoms with van der Waals surface area (Å²) in [7, 11) is 0. The molecule has 4 rings (SSSR count). The second-order valence-electron chi connectivity index (χ2n) is 5.96. The highest BCUT2D eigenvalue weighted by Crippen LogP contribution is 2.34. The fourth-order valence-electron chi connectivity index (χ4n) is 2.83. The Morgan fingerprint density at radius 2 is 1.69 bits per heavy atom. The van der Waals surface area contributed by atoms with Crippen molar-refractivity contribution in [2.24, 2.45) is 10.2 Å². The van der Waals surface area contributed by atoms with Crippen molar-refractivity contribution >= 4 is 17.2 Å². The van der Waals surface area contributed by atoms with Crippen LogP contribution in [-0.2, 0) is 6.42 Å². The fraction of sp³-hybridized carbons (Fsp3) is 0.0952. The molecule has 0 radical (unpaired) electrons. The predicted molar refractivity (Wildman–Crippen MR) is 102 cm³/mol. The van der Waals surface area contributed by atoms with Crippen LogP contribution in [0.25, 0.3) is 16.9 Å². The van der Waals surface area contributed by atoms with Crippen LogP contribution in [0.4, 0.5) is 11.5 Å². The molecule has 5 heteroatoms. The summed E-state index contributed by atoms with van der Waals surface area (Å²) in [4.78, 5) is 4.61. The maximum atomic E-state index is 10.2. The summed E-state index contributed by atoms with van der Waals surface area (Å²) in [5, 5.41) is 18.9. The molecule has 0 aliphatic rings. The number of pyridine rings is 1. The number of fused-ring (bicyclic) bond motifs is 1. The first kappa shape index (κ1) is 16.0. The zero-order valence-corrected chi connectivity index (χ0v) is 14.4. The Morgan fingerprint density at radius 1 is 0.923 bits per heavy atom. The van der Waals surface area contributed by atoms with Gasteiger partial charge in [0.25, 0.3) is 0 Å². The smallest absolute Gasteiger partial charge is 0.187 e. The molecule has 0 aliphatic carbocycles. The topological polar surface area (TPSA) is 62.2 Å². The van der Waals surface area contributed by atoms with E-state index in [1.807, 2.05) is 48.7 Å². The van der Waals surface area contributed by atoms with Crippen LogP contribution >= 0.6 is 0 Å². The summed E-state index contributed by atoms with van der Waals surface area (Å²) in [5.74, 6) is 0.698. The molecule has 128 valence electrons. The largest absolute Gasteiger partial charge is 0.504 e. The Labute approximate surface area is 151 Å². The fourth-order valence-corrected chi connectivity index (χ4v) is 2.83. The number of benzene rings is 2. The molecule has 5 nitrogen and oxygen atoms in total. The second-order valence-corrected chi connectivity index (χ2v) is 5.96. The van der Waals surface area contributed by atoms with Gasteiger partial charge in [-0.05, 0) is 36.2 Å². The molecule has 0 bridgehead atoms. The van der Waals surface area contributed by atoms with E-state index in [1.165, 1.54) is 5.56 Å². The van der Waals surface area contributed by atoms with Gasteiger partial charge < -0.3 is 5.11 Å². The van der Waals surface area contributed by atoms with Crippen LogP contribution in [-0.4, -0.2) is 14.5 Å². The van der Waals surface area contributed by atoms with E-state index in [1.54, 1.807) is 16.5 Å². The van der Waals surface area contributed by atoms with Gasteiger partial charge in [0.2, 0.25) is 0 Å². The Hall–Kier alpha value is -3.47. The maximum absolute atomic E-state index is 10.2. The Kier molecular flexibility index (Phi) is 4.19. The summed E-state index contributed by atoms with van der Waals surface area (Å²) in [6.45, 7) is 2.12. The molecular formula is C21H18N4O. The Balaban J connectivity index is 1.88. The molecule has 2 aromatic carbocycles. The lowest BCUT2D eigenvalue weighted by molar-refractivity contribution is 0.477. The van der Waals surface area contributed by atoms with Crippen LogP contribution < -0.4 is 0 Å². The Morgan fingerprint density at radius 3 is 2.42 bits per heavy atom. The van der Waals surface area contributed by atoms with E-state index in [4.69, 9.17) is 0 Å². The van der Waals surface area contributed by atoms with Gasteiger partial charge in [-0.2, -0.15) is 0 Å². The number of aromatic nitrogens is 2. The lowest BCUT2D eigenvalue weighted by atomic mass is 10.1. The number of nitrogens with zero attached hydrogens (tertiary/aromatic N) is 4. The number of hydrogen-bond donors (Lipinski definition) is 1. The van der Waals surface area contributed by atoms with Gasteiger partial charge in [0, 0.05) is 11.8 Å². The molecule has 0 aliphatic heterocycles.